The van der Waals surface area contributed by atoms with E-state index in [2.05, 4.69) is 162 Å². The van der Waals surface area contributed by atoms with Crippen molar-refractivity contribution in [1.29, 1.82) is 0 Å². The molecule has 47 heavy (non-hydrogen) atoms. The molecule has 2 nitrogen and oxygen atoms in total. The maximum atomic E-state index is 12.6. The van der Waals surface area contributed by atoms with Crippen LogP contribution in [0.15, 0.2) is 115 Å². The number of hydrogen-bond acceptors (Lipinski definition) is 2. The fourth-order valence-corrected chi connectivity index (χ4v) is 15.3. The van der Waals surface area contributed by atoms with Crippen molar-refractivity contribution in [2.24, 2.45) is 11.8 Å². The van der Waals surface area contributed by atoms with Crippen LogP contribution in [0.3, 0.4) is 0 Å². The van der Waals surface area contributed by atoms with Crippen molar-refractivity contribution in [2.45, 2.75) is 57.5 Å². The summed E-state index contributed by atoms with van der Waals surface area (Å²) >= 11 is 0. The molecule has 0 spiro atoms. The molecule has 1 N–H and O–H groups in total. The molecule has 1 aliphatic heterocycles. The zero-order chi connectivity index (χ0) is 30.1. The van der Waals surface area contributed by atoms with Crippen molar-refractivity contribution in [1.82, 2.24) is 0 Å². The summed E-state index contributed by atoms with van der Waals surface area (Å²) in [7, 11) is -0.642. The van der Waals surface area contributed by atoms with Crippen LogP contribution in [0.2, 0.25) is 5.54 Å². The number of likely N-dealkylation sites (N-methyl/N-ethyl adjacent to an activating group) is 1. The van der Waals surface area contributed by atoms with Crippen molar-refractivity contribution >= 4 is 29.3 Å². The minimum absolute atomic E-state index is 0. The molecule has 0 saturated heterocycles. The van der Waals surface area contributed by atoms with Gasteiger partial charge in [0.1, 0.15) is 5.75 Å². The quantitative estimate of drug-likeness (QED) is 0.133. The van der Waals surface area contributed by atoms with Gasteiger partial charge in [0.05, 0.1) is 0 Å². The average molecular weight is 675 g/mol. The summed E-state index contributed by atoms with van der Waals surface area (Å²) < 4.78 is 0. The molecule has 7 rings (SSSR count). The Bertz CT molecular complexity index is 1700. The number of fused-ring (bicyclic) bond motifs is 5. The molecule has 1 fully saturated rings. The Labute approximate surface area is 301 Å². The van der Waals surface area contributed by atoms with Gasteiger partial charge in [-0.1, -0.05) is 141 Å². The molecule has 3 aliphatic rings. The number of hydrogen-bond donors (Lipinski definition) is 1. The van der Waals surface area contributed by atoms with Crippen LogP contribution in [0.1, 0.15) is 48.9 Å². The molecule has 4 heteroatoms. The molecule has 0 bridgehead atoms. The Balaban J connectivity index is 0.00000150. The van der Waals surface area contributed by atoms with E-state index in [0.717, 1.165) is 10.8 Å². The van der Waals surface area contributed by atoms with Crippen LogP contribution in [0.4, 0.5) is 5.69 Å². The van der Waals surface area contributed by atoms with Crippen LogP contribution in [-0.2, 0) is 27.1 Å². The first-order valence-electron chi connectivity index (χ1n) is 15.8. The zero-order valence-corrected chi connectivity index (χ0v) is 32.3. The molecule has 5 unspecified atom stereocenters. The molecule has 1 saturated carbocycles. The van der Waals surface area contributed by atoms with Gasteiger partial charge in [-0.25, -0.2) is 0 Å². The largest absolute Gasteiger partial charge is 3.00 e. The first-order chi connectivity index (χ1) is 20.6. The maximum Gasteiger partial charge on any atom is 3.00 e. The topological polar surface area (TPSA) is 23.5 Å². The smallest absolute Gasteiger partial charge is 0.508 e. The molecule has 4 aromatic carbocycles. The van der Waals surface area contributed by atoms with E-state index in [-0.39, 0.29) is 49.4 Å². The number of nitrogens with zero attached hydrogens (tertiary/aromatic N) is 1. The summed E-state index contributed by atoms with van der Waals surface area (Å²) in [5.74, 6) is 1.56. The van der Waals surface area contributed by atoms with Crippen LogP contribution in [-0.4, -0.2) is 26.3 Å². The van der Waals surface area contributed by atoms with Crippen molar-refractivity contribution in [3.63, 3.8) is 0 Å². The zero-order valence-electron chi connectivity index (χ0n) is 29.8. The Hall–Kier alpha value is -3.11. The summed E-state index contributed by atoms with van der Waals surface area (Å²) in [5.41, 5.74) is 6.50. The number of rotatable bonds is 4. The van der Waals surface area contributed by atoms with Gasteiger partial charge < -0.3 is 32.3 Å². The third-order valence-electron chi connectivity index (χ3n) is 10.6. The summed E-state index contributed by atoms with van der Waals surface area (Å²) in [6.07, 6.45) is 9.52. The molecule has 4 aromatic rings. The Morgan fingerprint density at radius 3 is 1.81 bits per heavy atom. The number of phenols is 1. The minimum Gasteiger partial charge on any atom is -0.508 e. The van der Waals surface area contributed by atoms with E-state index >= 15 is 0 Å². The molecule has 2 aliphatic carbocycles. The van der Waals surface area contributed by atoms with E-state index in [0.29, 0.717) is 35.1 Å². The molecular weight excluding hydrogens is 622 g/mol. The fraction of sp³-hybridized carbons (Fsp3) is 0.279. The fourth-order valence-electron chi connectivity index (χ4n) is 8.99. The number of aromatic hydroxyl groups is 1. The predicted molar refractivity (Wildman–Crippen MR) is 203 cm³/mol. The molecule has 1 radical (unpaired) electrons. The first kappa shape index (κ1) is 38.3. The second-order valence-corrected chi connectivity index (χ2v) is 18.1. The molecule has 0 aromatic heterocycles. The molecular formula is C43H52NOSiTi. The Kier molecular flexibility index (Phi) is 11.6. The predicted octanol–water partition coefficient (Wildman–Crippen LogP) is 8.47. The van der Waals surface area contributed by atoms with Gasteiger partial charge in [-0.15, -0.1) is 0 Å². The first-order valence-corrected chi connectivity index (χ1v) is 17.9. The molecule has 0 amide bonds. The van der Waals surface area contributed by atoms with Crippen molar-refractivity contribution in [2.75, 3.05) is 11.9 Å². The van der Waals surface area contributed by atoms with Crippen LogP contribution >= 0.6 is 0 Å². The van der Waals surface area contributed by atoms with E-state index in [9.17, 15) is 5.11 Å². The minimum atomic E-state index is -2.95. The number of benzene rings is 4. The summed E-state index contributed by atoms with van der Waals surface area (Å²) in [6.45, 7) is 11.1. The van der Waals surface area contributed by atoms with Gasteiger partial charge in [-0.05, 0) is 63.5 Å². The number of allylic oxidation sites excluding steroid dienone is 3. The molecule has 243 valence electrons. The van der Waals surface area contributed by atoms with Crippen molar-refractivity contribution < 1.29 is 26.8 Å². The Morgan fingerprint density at radius 1 is 0.702 bits per heavy atom. The normalized spacial score (nSPS) is 22.1. The standard InChI is InChI=1S/C40H43NOSi.3CH3.Ti/c1-26-21-22-34-32(23-26)36-37(41(34)6)30-19-13-14-20-31(30)39(36)43(28-15-9-7-10-16-28,29-17-11-8-12-18-29)35-25-27(2)24-33(38(35)42)40(3,4)5;;;;/h7-25,30-31,36-37,39,42H,1-6H3;3*1H3;/q;3*-1;+3. The second kappa shape index (κ2) is 14.2. The van der Waals surface area contributed by atoms with Gasteiger partial charge in [0.25, 0.3) is 0 Å². The van der Waals surface area contributed by atoms with Gasteiger partial charge in [-0.2, -0.15) is 0 Å². The Morgan fingerprint density at radius 2 is 1.26 bits per heavy atom. The SMILES string of the molecule is Cc1ccc2c(c1)C1C(C3C=CC=CC3C1[Si](c1ccccc1)(c1ccccc1)c1cc(C)cc(C(C)(C)C)c1O)N2C.[CH3-].[CH3-].[CH3-].[Ti+3]. The van der Waals surface area contributed by atoms with Gasteiger partial charge >= 0.3 is 21.7 Å². The van der Waals surface area contributed by atoms with E-state index < -0.39 is 8.07 Å². The third-order valence-corrected chi connectivity index (χ3v) is 16.1. The van der Waals surface area contributed by atoms with E-state index in [1.165, 1.54) is 32.8 Å². The number of aryl methyl sites for hydroxylation is 2. The third kappa shape index (κ3) is 5.83. The van der Waals surface area contributed by atoms with Crippen molar-refractivity contribution in [3.05, 3.63) is 160 Å². The van der Waals surface area contributed by atoms with Gasteiger partial charge in [0.15, 0.2) is 8.07 Å². The van der Waals surface area contributed by atoms with Gasteiger partial charge in [0, 0.05) is 30.6 Å². The van der Waals surface area contributed by atoms with E-state index in [1.54, 1.807) is 0 Å². The monoisotopic (exact) mass is 674 g/mol. The number of phenolic OH excluding ortho intramolecular Hbond substituents is 1. The van der Waals surface area contributed by atoms with Crippen molar-refractivity contribution in [3.8, 4) is 5.75 Å². The van der Waals surface area contributed by atoms with E-state index in [4.69, 9.17) is 0 Å². The van der Waals surface area contributed by atoms with Gasteiger partial charge in [0.2, 0.25) is 0 Å². The summed E-state index contributed by atoms with van der Waals surface area (Å²) in [5, 5.41) is 16.5. The summed E-state index contributed by atoms with van der Waals surface area (Å²) in [4.78, 5) is 2.58. The summed E-state index contributed by atoms with van der Waals surface area (Å²) in [6, 6.07) is 34.5. The van der Waals surface area contributed by atoms with Crippen LogP contribution in [0.5, 0.6) is 5.75 Å². The molecule has 1 heterocycles. The molecule has 5 atom stereocenters. The van der Waals surface area contributed by atoms with Gasteiger partial charge in [-0.3, -0.25) is 0 Å². The van der Waals surface area contributed by atoms with Crippen LogP contribution < -0.4 is 20.5 Å². The second-order valence-electron chi connectivity index (χ2n) is 14.1. The maximum absolute atomic E-state index is 12.6. The van der Waals surface area contributed by atoms with Crippen LogP contribution in [0, 0.1) is 48.0 Å². The number of anilines is 1. The average Bonchev–Trinajstić information content (AvgIpc) is 3.48. The van der Waals surface area contributed by atoms with E-state index in [1.807, 2.05) is 0 Å². The van der Waals surface area contributed by atoms with Crippen LogP contribution in [0.25, 0.3) is 0 Å².